The van der Waals surface area contributed by atoms with Crippen LogP contribution in [0.1, 0.15) is 5.56 Å². The fourth-order valence-corrected chi connectivity index (χ4v) is 4.99. The van der Waals surface area contributed by atoms with Crippen LogP contribution in [0.25, 0.3) is 0 Å². The van der Waals surface area contributed by atoms with Crippen LogP contribution < -0.4 is 14.4 Å². The zero-order chi connectivity index (χ0) is 21.3. The van der Waals surface area contributed by atoms with Crippen LogP contribution in [-0.2, 0) is 14.8 Å². The maximum atomic E-state index is 13.3. The summed E-state index contributed by atoms with van der Waals surface area (Å²) in [5.41, 5.74) is 1.78. The van der Waals surface area contributed by atoms with Crippen molar-refractivity contribution >= 4 is 38.9 Å². The number of carbonyl (C=O) groups excluding carboxylic acids is 1. The molecule has 3 aromatic carbocycles. The van der Waals surface area contributed by atoms with Crippen LogP contribution in [0.2, 0.25) is 5.02 Å². The van der Waals surface area contributed by atoms with Crippen molar-refractivity contribution in [3.63, 3.8) is 0 Å². The molecule has 0 bridgehead atoms. The first-order valence-electron chi connectivity index (χ1n) is 9.27. The van der Waals surface area contributed by atoms with Crippen LogP contribution in [0, 0.1) is 6.92 Å². The van der Waals surface area contributed by atoms with E-state index in [-0.39, 0.29) is 11.4 Å². The lowest BCUT2D eigenvalue weighted by Gasteiger charge is -2.34. The highest BCUT2D eigenvalue weighted by atomic mass is 35.5. The molecule has 0 unspecified atom stereocenters. The Bertz CT molecular complexity index is 1200. The fraction of sp³-hybridized carbons (Fsp3) is 0.136. The van der Waals surface area contributed by atoms with Crippen molar-refractivity contribution in [1.29, 1.82) is 0 Å². The molecule has 1 aliphatic heterocycles. The minimum atomic E-state index is -3.87. The molecule has 1 amide bonds. The largest absolute Gasteiger partial charge is 0.476 e. The third kappa shape index (κ3) is 3.86. The summed E-state index contributed by atoms with van der Waals surface area (Å²) in [4.78, 5) is 13.1. The van der Waals surface area contributed by atoms with Gasteiger partial charge in [0.25, 0.3) is 15.9 Å². The molecule has 1 N–H and O–H groups in total. The Kier molecular flexibility index (Phi) is 5.40. The molecule has 1 atom stereocenters. The van der Waals surface area contributed by atoms with Crippen LogP contribution in [0.4, 0.5) is 11.4 Å². The van der Waals surface area contributed by atoms with Crippen molar-refractivity contribution in [3.05, 3.63) is 83.4 Å². The summed E-state index contributed by atoms with van der Waals surface area (Å²) in [5, 5.41) is 3.37. The molecule has 0 spiro atoms. The number of amides is 1. The number of benzene rings is 3. The monoisotopic (exact) mass is 442 g/mol. The molecule has 0 saturated carbocycles. The Morgan fingerprint density at radius 1 is 1.07 bits per heavy atom. The number of halogens is 1. The fourth-order valence-electron chi connectivity index (χ4n) is 3.27. The van der Waals surface area contributed by atoms with Crippen molar-refractivity contribution < 1.29 is 17.9 Å². The summed E-state index contributed by atoms with van der Waals surface area (Å²) in [5.74, 6) is -0.112. The Morgan fingerprint density at radius 3 is 2.50 bits per heavy atom. The van der Waals surface area contributed by atoms with Crippen LogP contribution in [0.3, 0.4) is 0 Å². The Balaban J connectivity index is 1.67. The van der Waals surface area contributed by atoms with E-state index in [4.69, 9.17) is 16.3 Å². The Labute approximate surface area is 180 Å². The van der Waals surface area contributed by atoms with E-state index in [2.05, 4.69) is 5.32 Å². The van der Waals surface area contributed by atoms with Crippen LogP contribution in [0.5, 0.6) is 5.75 Å². The van der Waals surface area contributed by atoms with E-state index in [1.807, 2.05) is 6.92 Å². The number of para-hydroxylation sites is 2. The summed E-state index contributed by atoms with van der Waals surface area (Å²) in [6, 6.07) is 20.0. The average Bonchev–Trinajstić information content (AvgIpc) is 2.75. The highest BCUT2D eigenvalue weighted by Gasteiger charge is 2.37. The van der Waals surface area contributed by atoms with Crippen molar-refractivity contribution in [3.8, 4) is 5.75 Å². The molecular formula is C22H19ClN2O4S. The molecule has 1 heterocycles. The second-order valence-corrected chi connectivity index (χ2v) is 9.17. The number of hydrogen-bond acceptors (Lipinski definition) is 4. The third-order valence-electron chi connectivity index (χ3n) is 4.80. The standard InChI is InChI=1S/C22H19ClN2O4S/c1-15-13-16(23)11-12-18(15)24-22(26)21-14-25(19-9-5-6-10-20(19)29-21)30(27,28)17-7-3-2-4-8-17/h2-13,21H,14H2,1H3,(H,24,26)/t21-/m1/s1. The highest BCUT2D eigenvalue weighted by Crippen LogP contribution is 2.37. The average molecular weight is 443 g/mol. The van der Waals surface area contributed by atoms with Gasteiger partial charge in [-0.05, 0) is 55.0 Å². The molecule has 0 aromatic heterocycles. The van der Waals surface area contributed by atoms with Crippen molar-refractivity contribution in [2.75, 3.05) is 16.2 Å². The first-order valence-corrected chi connectivity index (χ1v) is 11.1. The van der Waals surface area contributed by atoms with Gasteiger partial charge in [-0.2, -0.15) is 0 Å². The molecule has 30 heavy (non-hydrogen) atoms. The van der Waals surface area contributed by atoms with Crippen molar-refractivity contribution in [1.82, 2.24) is 0 Å². The summed E-state index contributed by atoms with van der Waals surface area (Å²) in [6.07, 6.45) is -1.02. The number of fused-ring (bicyclic) bond motifs is 1. The van der Waals surface area contributed by atoms with E-state index < -0.39 is 22.0 Å². The minimum absolute atomic E-state index is 0.146. The third-order valence-corrected chi connectivity index (χ3v) is 6.83. The first kappa shape index (κ1) is 20.3. The van der Waals surface area contributed by atoms with E-state index in [9.17, 15) is 13.2 Å². The summed E-state index contributed by atoms with van der Waals surface area (Å²) in [7, 11) is -3.87. The van der Waals surface area contributed by atoms with Gasteiger partial charge in [-0.3, -0.25) is 9.10 Å². The molecule has 6 nitrogen and oxygen atoms in total. The molecule has 0 radical (unpaired) electrons. The quantitative estimate of drug-likeness (QED) is 0.655. The lowest BCUT2D eigenvalue weighted by atomic mass is 10.1. The van der Waals surface area contributed by atoms with Crippen LogP contribution in [-0.4, -0.2) is 27.0 Å². The molecule has 154 valence electrons. The van der Waals surface area contributed by atoms with Crippen LogP contribution >= 0.6 is 11.6 Å². The van der Waals surface area contributed by atoms with E-state index in [1.165, 1.54) is 16.4 Å². The second kappa shape index (κ2) is 8.01. The number of ether oxygens (including phenoxy) is 1. The summed E-state index contributed by atoms with van der Waals surface area (Å²) >= 11 is 5.98. The number of hydrogen-bond donors (Lipinski definition) is 1. The normalized spacial score (nSPS) is 15.8. The van der Waals surface area contributed by atoms with Gasteiger partial charge >= 0.3 is 0 Å². The predicted molar refractivity (Wildman–Crippen MR) is 117 cm³/mol. The van der Waals surface area contributed by atoms with E-state index in [0.29, 0.717) is 22.1 Å². The van der Waals surface area contributed by atoms with E-state index >= 15 is 0 Å². The van der Waals surface area contributed by atoms with Gasteiger partial charge in [0.1, 0.15) is 5.75 Å². The Hall–Kier alpha value is -3.03. The molecule has 4 rings (SSSR count). The second-order valence-electron chi connectivity index (χ2n) is 6.87. The van der Waals surface area contributed by atoms with Crippen LogP contribution in [0.15, 0.2) is 77.7 Å². The van der Waals surface area contributed by atoms with Gasteiger partial charge in [-0.15, -0.1) is 0 Å². The molecule has 0 aliphatic carbocycles. The zero-order valence-electron chi connectivity index (χ0n) is 16.1. The van der Waals surface area contributed by atoms with Gasteiger partial charge in [-0.25, -0.2) is 8.42 Å². The van der Waals surface area contributed by atoms with Gasteiger partial charge in [0.15, 0.2) is 6.10 Å². The zero-order valence-corrected chi connectivity index (χ0v) is 17.7. The molecular weight excluding hydrogens is 424 g/mol. The highest BCUT2D eigenvalue weighted by molar-refractivity contribution is 7.92. The van der Waals surface area contributed by atoms with E-state index in [0.717, 1.165) is 5.56 Å². The number of nitrogens with zero attached hydrogens (tertiary/aromatic N) is 1. The molecule has 3 aromatic rings. The predicted octanol–water partition coefficient (Wildman–Crippen LogP) is 4.24. The lowest BCUT2D eigenvalue weighted by Crippen LogP contribution is -2.48. The first-order chi connectivity index (χ1) is 14.4. The molecule has 8 heteroatoms. The van der Waals surface area contributed by atoms with Gasteiger partial charge in [-0.1, -0.05) is 41.9 Å². The lowest BCUT2D eigenvalue weighted by molar-refractivity contribution is -0.122. The molecule has 0 fully saturated rings. The number of sulfonamides is 1. The minimum Gasteiger partial charge on any atom is -0.476 e. The number of aryl methyl sites for hydroxylation is 1. The molecule has 0 saturated heterocycles. The van der Waals surface area contributed by atoms with Gasteiger partial charge in [0.2, 0.25) is 0 Å². The SMILES string of the molecule is Cc1cc(Cl)ccc1NC(=O)[C@H]1CN(S(=O)(=O)c2ccccc2)c2ccccc2O1. The number of carbonyl (C=O) groups is 1. The van der Waals surface area contributed by atoms with Crippen molar-refractivity contribution in [2.45, 2.75) is 17.9 Å². The summed E-state index contributed by atoms with van der Waals surface area (Å²) < 4.78 is 33.7. The topological polar surface area (TPSA) is 75.7 Å². The number of nitrogens with one attached hydrogen (secondary N) is 1. The van der Waals surface area contributed by atoms with Gasteiger partial charge in [0, 0.05) is 10.7 Å². The summed E-state index contributed by atoms with van der Waals surface area (Å²) in [6.45, 7) is 1.68. The smallest absolute Gasteiger partial charge is 0.267 e. The Morgan fingerprint density at radius 2 is 1.77 bits per heavy atom. The maximum absolute atomic E-state index is 13.3. The number of rotatable bonds is 4. The maximum Gasteiger partial charge on any atom is 0.267 e. The van der Waals surface area contributed by atoms with Gasteiger partial charge in [0.05, 0.1) is 17.1 Å². The van der Waals surface area contributed by atoms with Crippen molar-refractivity contribution in [2.24, 2.45) is 0 Å². The number of anilines is 2. The molecule has 1 aliphatic rings. The van der Waals surface area contributed by atoms with Gasteiger partial charge < -0.3 is 10.1 Å². The van der Waals surface area contributed by atoms with E-state index in [1.54, 1.807) is 60.7 Å².